The summed E-state index contributed by atoms with van der Waals surface area (Å²) in [5.74, 6) is -1.18. The molecule has 0 saturated heterocycles. The van der Waals surface area contributed by atoms with Crippen LogP contribution in [0.15, 0.2) is 12.2 Å². The molecule has 0 spiro atoms. The summed E-state index contributed by atoms with van der Waals surface area (Å²) in [6.45, 7) is 8.13. The third kappa shape index (κ3) is 3.96. The van der Waals surface area contributed by atoms with Crippen molar-refractivity contribution in [2.45, 2.75) is 33.7 Å². The lowest BCUT2D eigenvalue weighted by atomic mass is 9.97. The fourth-order valence-corrected chi connectivity index (χ4v) is 1.29. The van der Waals surface area contributed by atoms with Crippen molar-refractivity contribution in [3.63, 3.8) is 0 Å². The van der Waals surface area contributed by atoms with Gasteiger partial charge in [-0.15, -0.1) is 0 Å². The van der Waals surface area contributed by atoms with Gasteiger partial charge in [-0.1, -0.05) is 20.8 Å². The first-order valence-electron chi connectivity index (χ1n) is 5.81. The Labute approximate surface area is 106 Å². The fourth-order valence-electron chi connectivity index (χ4n) is 1.29. The van der Waals surface area contributed by atoms with Gasteiger partial charge in [0.15, 0.2) is 0 Å². The highest BCUT2D eigenvalue weighted by molar-refractivity contribution is 6.12. The van der Waals surface area contributed by atoms with Crippen LogP contribution in [0, 0.1) is 5.41 Å². The number of carbonyl (C=O) groups excluding carboxylic acids is 3. The van der Waals surface area contributed by atoms with E-state index in [0.29, 0.717) is 6.54 Å². The summed E-state index contributed by atoms with van der Waals surface area (Å²) in [7, 11) is 0. The number of nitrogens with zero attached hydrogens (tertiary/aromatic N) is 1. The van der Waals surface area contributed by atoms with Gasteiger partial charge in [-0.25, -0.2) is 10.4 Å². The van der Waals surface area contributed by atoms with Crippen molar-refractivity contribution in [2.24, 2.45) is 5.41 Å². The Morgan fingerprint density at radius 1 is 1.28 bits per heavy atom. The summed E-state index contributed by atoms with van der Waals surface area (Å²) in [6.07, 6.45) is 2.32. The maximum atomic E-state index is 11.7. The van der Waals surface area contributed by atoms with E-state index in [4.69, 9.17) is 0 Å². The van der Waals surface area contributed by atoms with Crippen molar-refractivity contribution in [1.82, 2.24) is 15.8 Å². The number of rotatable bonds is 4. The fraction of sp³-hybridized carbons (Fsp3) is 0.583. The van der Waals surface area contributed by atoms with Crippen molar-refractivity contribution in [1.29, 1.82) is 0 Å². The van der Waals surface area contributed by atoms with Gasteiger partial charge in [0.1, 0.15) is 6.04 Å². The largest absolute Gasteiger partial charge is 0.354 e. The molecule has 0 aromatic carbocycles. The number of nitrogens with one attached hydrogen (secondary N) is 2. The molecule has 1 aliphatic heterocycles. The zero-order chi connectivity index (χ0) is 13.9. The van der Waals surface area contributed by atoms with Crippen LogP contribution in [-0.2, 0) is 14.4 Å². The van der Waals surface area contributed by atoms with Gasteiger partial charge in [0.05, 0.1) is 0 Å². The minimum atomic E-state index is -0.653. The topological polar surface area (TPSA) is 78.5 Å². The zero-order valence-electron chi connectivity index (χ0n) is 11.1. The lowest BCUT2D eigenvalue weighted by Gasteiger charge is -2.23. The summed E-state index contributed by atoms with van der Waals surface area (Å²) in [5.41, 5.74) is 2.56. The second-order valence-electron chi connectivity index (χ2n) is 5.47. The van der Waals surface area contributed by atoms with E-state index in [0.717, 1.165) is 17.2 Å². The van der Waals surface area contributed by atoms with Crippen LogP contribution < -0.4 is 10.7 Å². The highest BCUT2D eigenvalue weighted by Crippen LogP contribution is 2.10. The van der Waals surface area contributed by atoms with E-state index in [9.17, 15) is 14.4 Å². The van der Waals surface area contributed by atoms with E-state index in [2.05, 4.69) is 10.7 Å². The number of hydrogen-bond donors (Lipinski definition) is 2. The van der Waals surface area contributed by atoms with Gasteiger partial charge in [-0.3, -0.25) is 14.4 Å². The lowest BCUT2D eigenvalue weighted by Crippen LogP contribution is -2.53. The molecule has 1 aliphatic rings. The second-order valence-corrected chi connectivity index (χ2v) is 5.47. The van der Waals surface area contributed by atoms with E-state index in [1.54, 1.807) is 6.92 Å². The molecule has 18 heavy (non-hydrogen) atoms. The molecule has 3 amide bonds. The maximum absolute atomic E-state index is 11.7. The standard InChI is InChI=1S/C12H19N3O3/c1-8(11(18)13-7-12(2,3)4)14-15-9(16)5-6-10(15)17/h5-6,8,14H,7H2,1-4H3,(H,13,18). The Bertz CT molecular complexity index is 378. The van der Waals surface area contributed by atoms with Gasteiger partial charge in [-0.05, 0) is 12.3 Å². The Balaban J connectivity index is 2.46. The van der Waals surface area contributed by atoms with E-state index in [-0.39, 0.29) is 11.3 Å². The molecule has 6 nitrogen and oxygen atoms in total. The van der Waals surface area contributed by atoms with Crippen molar-refractivity contribution >= 4 is 17.7 Å². The summed E-state index contributed by atoms with van der Waals surface area (Å²) in [4.78, 5) is 34.3. The van der Waals surface area contributed by atoms with Gasteiger partial charge >= 0.3 is 0 Å². The predicted octanol–water partition coefficient (Wildman–Crippen LogP) is -0.0332. The van der Waals surface area contributed by atoms with Crippen molar-refractivity contribution in [2.75, 3.05) is 6.54 Å². The van der Waals surface area contributed by atoms with E-state index in [1.807, 2.05) is 20.8 Å². The molecule has 2 N–H and O–H groups in total. The van der Waals surface area contributed by atoms with Crippen LogP contribution in [0.4, 0.5) is 0 Å². The average Bonchev–Trinajstić information content (AvgIpc) is 2.56. The SMILES string of the molecule is CC(NN1C(=O)C=CC1=O)C(=O)NCC(C)(C)C. The molecular weight excluding hydrogens is 234 g/mol. The van der Waals surface area contributed by atoms with Crippen LogP contribution in [0.3, 0.4) is 0 Å². The summed E-state index contributed by atoms with van der Waals surface area (Å²) < 4.78 is 0. The number of amides is 3. The van der Waals surface area contributed by atoms with Gasteiger partial charge in [0, 0.05) is 18.7 Å². The highest BCUT2D eigenvalue weighted by atomic mass is 16.2. The first-order valence-corrected chi connectivity index (χ1v) is 5.81. The second kappa shape index (κ2) is 5.30. The van der Waals surface area contributed by atoms with Crippen LogP contribution in [0.5, 0.6) is 0 Å². The first kappa shape index (κ1) is 14.4. The molecule has 0 aromatic heterocycles. The maximum Gasteiger partial charge on any atom is 0.268 e. The van der Waals surface area contributed by atoms with E-state index >= 15 is 0 Å². The zero-order valence-corrected chi connectivity index (χ0v) is 11.1. The average molecular weight is 253 g/mol. The molecule has 0 radical (unpaired) electrons. The molecule has 1 rings (SSSR count). The molecule has 0 aromatic rings. The van der Waals surface area contributed by atoms with Crippen molar-refractivity contribution in [3.8, 4) is 0 Å². The van der Waals surface area contributed by atoms with Crippen LogP contribution in [0.25, 0.3) is 0 Å². The lowest BCUT2D eigenvalue weighted by molar-refractivity contribution is -0.142. The molecule has 0 fully saturated rings. The first-order chi connectivity index (χ1) is 8.20. The smallest absolute Gasteiger partial charge is 0.268 e. The summed E-state index contributed by atoms with van der Waals surface area (Å²) in [6, 6.07) is -0.653. The van der Waals surface area contributed by atoms with Crippen molar-refractivity contribution < 1.29 is 14.4 Å². The minimum Gasteiger partial charge on any atom is -0.354 e. The normalized spacial score (nSPS) is 17.2. The Morgan fingerprint density at radius 2 is 1.78 bits per heavy atom. The van der Waals surface area contributed by atoms with E-state index < -0.39 is 17.9 Å². The molecule has 0 aliphatic carbocycles. The van der Waals surface area contributed by atoms with Gasteiger partial charge in [0.25, 0.3) is 11.8 Å². The molecule has 1 atom stereocenters. The number of imide groups is 1. The number of hydrogen-bond acceptors (Lipinski definition) is 4. The molecule has 0 saturated carbocycles. The third-order valence-corrected chi connectivity index (χ3v) is 2.32. The quantitative estimate of drug-likeness (QED) is 0.689. The number of carbonyl (C=O) groups is 3. The molecular formula is C12H19N3O3. The van der Waals surface area contributed by atoms with Gasteiger partial charge < -0.3 is 5.32 Å². The van der Waals surface area contributed by atoms with Crippen LogP contribution in [-0.4, -0.2) is 35.3 Å². The Hall–Kier alpha value is -1.69. The monoisotopic (exact) mass is 253 g/mol. The van der Waals surface area contributed by atoms with Crippen LogP contribution in [0.1, 0.15) is 27.7 Å². The van der Waals surface area contributed by atoms with Crippen molar-refractivity contribution in [3.05, 3.63) is 12.2 Å². The Morgan fingerprint density at radius 3 is 2.22 bits per heavy atom. The molecule has 100 valence electrons. The van der Waals surface area contributed by atoms with Gasteiger partial charge in [-0.2, -0.15) is 0 Å². The molecule has 1 unspecified atom stereocenters. The summed E-state index contributed by atoms with van der Waals surface area (Å²) >= 11 is 0. The van der Waals surface area contributed by atoms with Gasteiger partial charge in [0.2, 0.25) is 5.91 Å². The van der Waals surface area contributed by atoms with Crippen LogP contribution in [0.2, 0.25) is 0 Å². The van der Waals surface area contributed by atoms with Crippen LogP contribution >= 0.6 is 0 Å². The third-order valence-electron chi connectivity index (χ3n) is 2.32. The molecule has 6 heteroatoms. The van der Waals surface area contributed by atoms with E-state index in [1.165, 1.54) is 0 Å². The predicted molar refractivity (Wildman–Crippen MR) is 66.1 cm³/mol. The minimum absolute atomic E-state index is 0.0176. The Kier molecular flexibility index (Phi) is 4.24. The highest BCUT2D eigenvalue weighted by Gasteiger charge is 2.27. The summed E-state index contributed by atoms with van der Waals surface area (Å²) in [5, 5.41) is 3.59. The molecule has 1 heterocycles. The molecule has 0 bridgehead atoms. The number of hydrazine groups is 1.